The number of carbonyl (C=O) groups excluding carboxylic acids is 1. The third-order valence-corrected chi connectivity index (χ3v) is 5.15. The van der Waals surface area contributed by atoms with E-state index in [1.165, 1.54) is 34.9 Å². The number of hydrogen-bond donors (Lipinski definition) is 0. The van der Waals surface area contributed by atoms with Gasteiger partial charge in [0.05, 0.1) is 20.7 Å². The summed E-state index contributed by atoms with van der Waals surface area (Å²) in [7, 11) is 0. The summed E-state index contributed by atoms with van der Waals surface area (Å²) in [6, 6.07) is 10.6. The van der Waals surface area contributed by atoms with Crippen molar-refractivity contribution < 1.29 is 9.72 Å². The predicted octanol–water partition coefficient (Wildman–Crippen LogP) is 4.78. The number of carbonyl (C=O) groups is 1. The molecule has 1 aliphatic rings. The Morgan fingerprint density at radius 1 is 1.20 bits per heavy atom. The molecule has 2 aromatic carbocycles. The molecule has 1 aliphatic heterocycles. The number of hydrogen-bond acceptors (Lipinski definition) is 5. The van der Waals surface area contributed by atoms with E-state index in [9.17, 15) is 14.9 Å². The highest BCUT2D eigenvalue weighted by Gasteiger charge is 2.27. The average Bonchev–Trinajstić information content (AvgIpc) is 3.05. The van der Waals surface area contributed by atoms with Crippen molar-refractivity contribution in [3.8, 4) is 0 Å². The minimum Gasteiger partial charge on any atom is -0.286 e. The van der Waals surface area contributed by atoms with Gasteiger partial charge in [-0.05, 0) is 24.3 Å². The summed E-state index contributed by atoms with van der Waals surface area (Å²) < 4.78 is 0. The molecular weight excluding hydrogens is 385 g/mol. The first kappa shape index (κ1) is 17.7. The van der Waals surface area contributed by atoms with Crippen LogP contribution in [0.2, 0.25) is 10.0 Å². The Morgan fingerprint density at radius 2 is 2.00 bits per heavy atom. The van der Waals surface area contributed by atoms with Crippen LogP contribution < -0.4 is 0 Å². The van der Waals surface area contributed by atoms with Crippen molar-refractivity contribution in [3.05, 3.63) is 68.2 Å². The summed E-state index contributed by atoms with van der Waals surface area (Å²) >= 11 is 13.3. The fourth-order valence-electron chi connectivity index (χ4n) is 2.26. The Hall–Kier alpha value is -2.09. The second kappa shape index (κ2) is 7.43. The highest BCUT2D eigenvalue weighted by Crippen LogP contribution is 2.29. The average molecular weight is 396 g/mol. The SMILES string of the molecule is O=C(c1cccc([N+](=O)[O-])c1)N1CCSC1=Nc1ccc(Cl)c(Cl)c1. The first-order valence-corrected chi connectivity index (χ1v) is 8.93. The topological polar surface area (TPSA) is 75.8 Å². The molecule has 6 nitrogen and oxygen atoms in total. The Labute approximate surface area is 157 Å². The van der Waals surface area contributed by atoms with Gasteiger partial charge in [-0.15, -0.1) is 0 Å². The summed E-state index contributed by atoms with van der Waals surface area (Å²) in [6.07, 6.45) is 0. The van der Waals surface area contributed by atoms with E-state index in [-0.39, 0.29) is 17.2 Å². The maximum absolute atomic E-state index is 12.7. The largest absolute Gasteiger partial charge is 0.286 e. The highest BCUT2D eigenvalue weighted by molar-refractivity contribution is 8.14. The lowest BCUT2D eigenvalue weighted by molar-refractivity contribution is -0.384. The van der Waals surface area contributed by atoms with Crippen LogP contribution >= 0.6 is 35.0 Å². The number of benzene rings is 2. The maximum Gasteiger partial charge on any atom is 0.270 e. The normalized spacial score (nSPS) is 15.6. The van der Waals surface area contributed by atoms with Crippen molar-refractivity contribution in [2.45, 2.75) is 0 Å². The Bertz CT molecular complexity index is 889. The van der Waals surface area contributed by atoms with Crippen molar-refractivity contribution in [2.24, 2.45) is 4.99 Å². The van der Waals surface area contributed by atoms with E-state index < -0.39 is 4.92 Å². The molecule has 0 aromatic heterocycles. The number of non-ortho nitro benzene ring substituents is 1. The van der Waals surface area contributed by atoms with E-state index in [2.05, 4.69) is 4.99 Å². The molecule has 0 bridgehead atoms. The number of nitro groups is 1. The molecule has 0 N–H and O–H groups in total. The summed E-state index contributed by atoms with van der Waals surface area (Å²) in [6.45, 7) is 0.479. The van der Waals surface area contributed by atoms with Crippen LogP contribution in [-0.2, 0) is 0 Å². The van der Waals surface area contributed by atoms with Gasteiger partial charge in [0.2, 0.25) is 0 Å². The number of rotatable bonds is 3. The molecule has 0 aliphatic carbocycles. The van der Waals surface area contributed by atoms with Crippen molar-refractivity contribution in [2.75, 3.05) is 12.3 Å². The lowest BCUT2D eigenvalue weighted by Crippen LogP contribution is -2.31. The molecule has 128 valence electrons. The van der Waals surface area contributed by atoms with Crippen molar-refractivity contribution in [1.82, 2.24) is 4.90 Å². The quantitative estimate of drug-likeness (QED) is 0.553. The molecule has 0 spiro atoms. The van der Waals surface area contributed by atoms with Crippen LogP contribution in [0.15, 0.2) is 47.5 Å². The molecule has 2 aromatic rings. The zero-order chi connectivity index (χ0) is 18.0. The summed E-state index contributed by atoms with van der Waals surface area (Å²) in [5.41, 5.74) is 0.704. The third kappa shape index (κ3) is 3.95. The smallest absolute Gasteiger partial charge is 0.270 e. The molecule has 1 amide bonds. The molecular formula is C16H11Cl2N3O3S. The van der Waals surface area contributed by atoms with E-state index >= 15 is 0 Å². The minimum atomic E-state index is -0.528. The Kier molecular flexibility index (Phi) is 5.27. The molecule has 0 unspecified atom stereocenters. The van der Waals surface area contributed by atoms with Gasteiger partial charge in [-0.2, -0.15) is 0 Å². The highest BCUT2D eigenvalue weighted by atomic mass is 35.5. The van der Waals surface area contributed by atoms with E-state index in [1.54, 1.807) is 24.3 Å². The van der Waals surface area contributed by atoms with E-state index in [1.807, 2.05) is 0 Å². The fourth-order valence-corrected chi connectivity index (χ4v) is 3.50. The van der Waals surface area contributed by atoms with Crippen LogP contribution in [0.4, 0.5) is 11.4 Å². The van der Waals surface area contributed by atoms with Crippen LogP contribution in [0.1, 0.15) is 10.4 Å². The summed E-state index contributed by atoms with van der Waals surface area (Å²) in [5.74, 6) is 0.369. The number of halogens is 2. The maximum atomic E-state index is 12.7. The molecule has 25 heavy (non-hydrogen) atoms. The summed E-state index contributed by atoms with van der Waals surface area (Å²) in [4.78, 5) is 29.0. The van der Waals surface area contributed by atoms with Gasteiger partial charge in [0.15, 0.2) is 5.17 Å². The molecule has 3 rings (SSSR count). The monoisotopic (exact) mass is 395 g/mol. The van der Waals surface area contributed by atoms with Crippen LogP contribution in [0, 0.1) is 10.1 Å². The number of nitrogens with zero attached hydrogens (tertiary/aromatic N) is 3. The standard InChI is InChI=1S/C16H11Cl2N3O3S/c17-13-5-4-11(9-14(13)18)19-16-20(6-7-25-16)15(22)10-2-1-3-12(8-10)21(23)24/h1-5,8-9H,6-7H2. The molecule has 1 saturated heterocycles. The number of thioether (sulfide) groups is 1. The molecule has 1 fully saturated rings. The van der Waals surface area contributed by atoms with Gasteiger partial charge < -0.3 is 0 Å². The Morgan fingerprint density at radius 3 is 2.72 bits per heavy atom. The van der Waals surface area contributed by atoms with Gasteiger partial charge in [0.25, 0.3) is 11.6 Å². The molecule has 9 heteroatoms. The van der Waals surface area contributed by atoms with Crippen LogP contribution in [0.3, 0.4) is 0 Å². The van der Waals surface area contributed by atoms with Crippen LogP contribution in [0.5, 0.6) is 0 Å². The number of amides is 1. The van der Waals surface area contributed by atoms with Gasteiger partial charge >= 0.3 is 0 Å². The Balaban J connectivity index is 1.89. The minimum absolute atomic E-state index is 0.124. The van der Waals surface area contributed by atoms with E-state index in [0.717, 1.165) is 0 Å². The van der Waals surface area contributed by atoms with E-state index in [4.69, 9.17) is 23.2 Å². The van der Waals surface area contributed by atoms with Gasteiger partial charge in [-0.1, -0.05) is 41.0 Å². The first-order valence-electron chi connectivity index (χ1n) is 7.18. The molecule has 0 atom stereocenters. The second-order valence-corrected chi connectivity index (χ2v) is 6.98. The van der Waals surface area contributed by atoms with Crippen LogP contribution in [0.25, 0.3) is 0 Å². The number of aliphatic imine (C=N–C) groups is 1. The van der Waals surface area contributed by atoms with Gasteiger partial charge in [-0.25, -0.2) is 4.99 Å². The zero-order valence-corrected chi connectivity index (χ0v) is 15.0. The summed E-state index contributed by atoms with van der Waals surface area (Å²) in [5, 5.41) is 12.2. The van der Waals surface area contributed by atoms with E-state index in [0.29, 0.717) is 33.2 Å². The lowest BCUT2D eigenvalue weighted by Gasteiger charge is -2.16. The number of nitro benzene ring substituents is 1. The van der Waals surface area contributed by atoms with Gasteiger partial charge in [0, 0.05) is 30.0 Å². The van der Waals surface area contributed by atoms with Gasteiger partial charge in [0.1, 0.15) is 0 Å². The molecule has 0 radical (unpaired) electrons. The second-order valence-electron chi connectivity index (χ2n) is 5.11. The fraction of sp³-hybridized carbons (Fsp3) is 0.125. The number of amidine groups is 1. The van der Waals surface area contributed by atoms with Gasteiger partial charge in [-0.3, -0.25) is 19.8 Å². The van der Waals surface area contributed by atoms with Crippen molar-refractivity contribution in [1.29, 1.82) is 0 Å². The zero-order valence-electron chi connectivity index (χ0n) is 12.7. The lowest BCUT2D eigenvalue weighted by atomic mass is 10.2. The third-order valence-electron chi connectivity index (χ3n) is 3.45. The predicted molar refractivity (Wildman–Crippen MR) is 100 cm³/mol. The van der Waals surface area contributed by atoms with Crippen molar-refractivity contribution >= 4 is 57.4 Å². The van der Waals surface area contributed by atoms with Crippen molar-refractivity contribution in [3.63, 3.8) is 0 Å². The van der Waals surface area contributed by atoms with Crippen LogP contribution in [-0.4, -0.2) is 33.2 Å². The molecule has 0 saturated carbocycles. The molecule has 1 heterocycles. The first-order chi connectivity index (χ1) is 12.0.